The van der Waals surface area contributed by atoms with Gasteiger partial charge >= 0.3 is 0 Å². The lowest BCUT2D eigenvalue weighted by molar-refractivity contribution is 0.0944. The van der Waals surface area contributed by atoms with Crippen molar-refractivity contribution in [2.24, 2.45) is 5.92 Å². The number of rotatable bonds is 5. The molecule has 4 nitrogen and oxygen atoms in total. The second-order valence-corrected chi connectivity index (χ2v) is 4.04. The molecular formula is C12H19N3O. The highest BCUT2D eigenvalue weighted by molar-refractivity contribution is 5.92. The number of nitrogens with one attached hydrogen (secondary N) is 2. The number of nitrogens with zero attached hydrogens (tertiary/aromatic N) is 1. The summed E-state index contributed by atoms with van der Waals surface area (Å²) in [6.45, 7) is 7.58. The third-order valence-corrected chi connectivity index (χ3v) is 2.01. The van der Waals surface area contributed by atoms with Gasteiger partial charge in [-0.2, -0.15) is 0 Å². The molecule has 0 aliphatic carbocycles. The summed E-state index contributed by atoms with van der Waals surface area (Å²) in [7, 11) is 0. The summed E-state index contributed by atoms with van der Waals surface area (Å²) < 4.78 is 0. The van der Waals surface area contributed by atoms with E-state index in [-0.39, 0.29) is 5.91 Å². The normalized spacial score (nSPS) is 10.2. The summed E-state index contributed by atoms with van der Waals surface area (Å²) in [6.07, 6.45) is 0. The van der Waals surface area contributed by atoms with Crippen molar-refractivity contribution in [1.82, 2.24) is 10.3 Å². The Morgan fingerprint density at radius 2 is 2.19 bits per heavy atom. The molecule has 0 aliphatic rings. The number of pyridine rings is 1. The van der Waals surface area contributed by atoms with E-state index in [1.165, 1.54) is 0 Å². The fourth-order valence-electron chi connectivity index (χ4n) is 1.23. The molecular weight excluding hydrogens is 202 g/mol. The van der Waals surface area contributed by atoms with E-state index < -0.39 is 0 Å². The number of carbonyl (C=O) groups is 1. The van der Waals surface area contributed by atoms with Gasteiger partial charge in [0.2, 0.25) is 0 Å². The van der Waals surface area contributed by atoms with Crippen LogP contribution >= 0.6 is 0 Å². The van der Waals surface area contributed by atoms with E-state index in [1.807, 2.05) is 19.1 Å². The Morgan fingerprint density at radius 3 is 2.81 bits per heavy atom. The number of hydrogen-bond donors (Lipinski definition) is 2. The number of aromatic nitrogens is 1. The lowest BCUT2D eigenvalue weighted by atomic mass is 10.2. The fraction of sp³-hybridized carbons (Fsp3) is 0.500. The van der Waals surface area contributed by atoms with E-state index in [9.17, 15) is 4.79 Å². The standard InChI is InChI=1S/C12H19N3O/c1-4-13-11-7-5-6-10(15-11)12(16)14-8-9(2)3/h5-7,9H,4,8H2,1-3H3,(H,13,15)(H,14,16). The van der Waals surface area contributed by atoms with Gasteiger partial charge in [-0.1, -0.05) is 19.9 Å². The van der Waals surface area contributed by atoms with E-state index in [0.29, 0.717) is 18.2 Å². The number of anilines is 1. The van der Waals surface area contributed by atoms with Gasteiger partial charge in [-0.25, -0.2) is 4.98 Å². The Hall–Kier alpha value is -1.58. The topological polar surface area (TPSA) is 54.0 Å². The zero-order valence-electron chi connectivity index (χ0n) is 10.1. The highest BCUT2D eigenvalue weighted by atomic mass is 16.1. The van der Waals surface area contributed by atoms with Crippen LogP contribution in [0, 0.1) is 5.92 Å². The second-order valence-electron chi connectivity index (χ2n) is 4.04. The molecule has 0 radical (unpaired) electrons. The second kappa shape index (κ2) is 6.10. The molecule has 0 saturated carbocycles. The van der Waals surface area contributed by atoms with Gasteiger partial charge in [0.15, 0.2) is 0 Å². The van der Waals surface area contributed by atoms with Crippen LogP contribution in [0.3, 0.4) is 0 Å². The largest absolute Gasteiger partial charge is 0.370 e. The van der Waals surface area contributed by atoms with E-state index >= 15 is 0 Å². The molecule has 0 fully saturated rings. The minimum atomic E-state index is -0.117. The van der Waals surface area contributed by atoms with E-state index in [4.69, 9.17) is 0 Å². The van der Waals surface area contributed by atoms with Gasteiger partial charge in [-0.15, -0.1) is 0 Å². The molecule has 4 heteroatoms. The van der Waals surface area contributed by atoms with Crippen molar-refractivity contribution in [3.8, 4) is 0 Å². The predicted molar refractivity (Wildman–Crippen MR) is 65.6 cm³/mol. The molecule has 1 rings (SSSR count). The molecule has 1 heterocycles. The third-order valence-electron chi connectivity index (χ3n) is 2.01. The van der Waals surface area contributed by atoms with Gasteiger partial charge in [-0.3, -0.25) is 4.79 Å². The van der Waals surface area contributed by atoms with Crippen LogP contribution in [0.1, 0.15) is 31.3 Å². The first-order valence-electron chi connectivity index (χ1n) is 5.62. The summed E-state index contributed by atoms with van der Waals surface area (Å²) in [5.41, 5.74) is 0.458. The maximum absolute atomic E-state index is 11.7. The van der Waals surface area contributed by atoms with Crippen LogP contribution < -0.4 is 10.6 Å². The van der Waals surface area contributed by atoms with Crippen LogP contribution in [0.25, 0.3) is 0 Å². The van der Waals surface area contributed by atoms with Crippen molar-refractivity contribution >= 4 is 11.7 Å². The van der Waals surface area contributed by atoms with Crippen LogP contribution in [-0.4, -0.2) is 24.0 Å². The molecule has 0 aliphatic heterocycles. The van der Waals surface area contributed by atoms with E-state index in [0.717, 1.165) is 12.4 Å². The molecule has 0 saturated heterocycles. The average molecular weight is 221 g/mol. The first-order valence-corrected chi connectivity index (χ1v) is 5.62. The lowest BCUT2D eigenvalue weighted by Crippen LogP contribution is -2.28. The zero-order chi connectivity index (χ0) is 12.0. The Balaban J connectivity index is 2.64. The zero-order valence-corrected chi connectivity index (χ0v) is 10.1. The molecule has 16 heavy (non-hydrogen) atoms. The van der Waals surface area contributed by atoms with Gasteiger partial charge in [0.1, 0.15) is 11.5 Å². The summed E-state index contributed by atoms with van der Waals surface area (Å²) in [6, 6.07) is 5.40. The van der Waals surface area contributed by atoms with Crippen molar-refractivity contribution in [1.29, 1.82) is 0 Å². The molecule has 0 bridgehead atoms. The molecule has 0 unspecified atom stereocenters. The van der Waals surface area contributed by atoms with Crippen LogP contribution in [0.5, 0.6) is 0 Å². The van der Waals surface area contributed by atoms with Crippen molar-refractivity contribution < 1.29 is 4.79 Å². The molecule has 1 amide bonds. The maximum atomic E-state index is 11.7. The smallest absolute Gasteiger partial charge is 0.269 e. The molecule has 1 aromatic rings. The van der Waals surface area contributed by atoms with E-state index in [2.05, 4.69) is 29.5 Å². The molecule has 88 valence electrons. The van der Waals surface area contributed by atoms with Gasteiger partial charge in [0.05, 0.1) is 0 Å². The summed E-state index contributed by atoms with van der Waals surface area (Å²) in [4.78, 5) is 15.9. The number of hydrogen-bond acceptors (Lipinski definition) is 3. The van der Waals surface area contributed by atoms with Crippen molar-refractivity contribution in [3.05, 3.63) is 23.9 Å². The summed E-state index contributed by atoms with van der Waals surface area (Å²) >= 11 is 0. The Bertz CT molecular complexity index is 350. The van der Waals surface area contributed by atoms with Gasteiger partial charge < -0.3 is 10.6 Å². The first kappa shape index (κ1) is 12.5. The fourth-order valence-corrected chi connectivity index (χ4v) is 1.23. The minimum Gasteiger partial charge on any atom is -0.370 e. The lowest BCUT2D eigenvalue weighted by Gasteiger charge is -2.08. The first-order chi connectivity index (χ1) is 7.63. The predicted octanol–water partition coefficient (Wildman–Crippen LogP) is 1.90. The average Bonchev–Trinajstić information content (AvgIpc) is 2.26. The Labute approximate surface area is 96.5 Å². The summed E-state index contributed by atoms with van der Waals surface area (Å²) in [5.74, 6) is 1.06. The van der Waals surface area contributed by atoms with Crippen LogP contribution in [0.4, 0.5) is 5.82 Å². The van der Waals surface area contributed by atoms with Gasteiger partial charge in [-0.05, 0) is 25.0 Å². The van der Waals surface area contributed by atoms with E-state index in [1.54, 1.807) is 6.07 Å². The molecule has 2 N–H and O–H groups in total. The van der Waals surface area contributed by atoms with Crippen molar-refractivity contribution in [2.45, 2.75) is 20.8 Å². The SMILES string of the molecule is CCNc1cccc(C(=O)NCC(C)C)n1. The molecule has 0 atom stereocenters. The number of amides is 1. The Morgan fingerprint density at radius 1 is 1.44 bits per heavy atom. The van der Waals surface area contributed by atoms with Crippen LogP contribution in [0.15, 0.2) is 18.2 Å². The maximum Gasteiger partial charge on any atom is 0.269 e. The van der Waals surface area contributed by atoms with Gasteiger partial charge in [0, 0.05) is 13.1 Å². The number of carbonyl (C=O) groups excluding carboxylic acids is 1. The van der Waals surface area contributed by atoms with Crippen LogP contribution in [-0.2, 0) is 0 Å². The summed E-state index contributed by atoms with van der Waals surface area (Å²) in [5, 5.41) is 5.92. The molecule has 0 aromatic carbocycles. The molecule has 0 spiro atoms. The minimum absolute atomic E-state index is 0.117. The monoisotopic (exact) mass is 221 g/mol. The third kappa shape index (κ3) is 3.88. The van der Waals surface area contributed by atoms with Crippen molar-refractivity contribution in [3.63, 3.8) is 0 Å². The van der Waals surface area contributed by atoms with Crippen LogP contribution in [0.2, 0.25) is 0 Å². The molecule has 1 aromatic heterocycles. The van der Waals surface area contributed by atoms with Gasteiger partial charge in [0.25, 0.3) is 5.91 Å². The highest BCUT2D eigenvalue weighted by Gasteiger charge is 2.07. The highest BCUT2D eigenvalue weighted by Crippen LogP contribution is 2.04. The Kier molecular flexibility index (Phi) is 4.76. The van der Waals surface area contributed by atoms with Crippen molar-refractivity contribution in [2.75, 3.05) is 18.4 Å². The quantitative estimate of drug-likeness (QED) is 0.798.